The van der Waals surface area contributed by atoms with Crippen molar-refractivity contribution in [1.82, 2.24) is 0 Å². The van der Waals surface area contributed by atoms with E-state index in [4.69, 9.17) is 0 Å². The maximum atomic E-state index is 12.4. The van der Waals surface area contributed by atoms with Crippen molar-refractivity contribution in [1.29, 1.82) is 0 Å². The minimum absolute atomic E-state index is 0.100. The Labute approximate surface area is 130 Å². The lowest BCUT2D eigenvalue weighted by Gasteiger charge is -2.08. The van der Waals surface area contributed by atoms with Crippen molar-refractivity contribution in [3.8, 4) is 0 Å². The molecule has 0 N–H and O–H groups in total. The molecule has 0 bridgehead atoms. The van der Waals surface area contributed by atoms with Gasteiger partial charge in [0.2, 0.25) is 0 Å². The first-order valence-corrected chi connectivity index (χ1v) is 8.46. The van der Waals surface area contributed by atoms with Crippen LogP contribution < -0.4 is 0 Å². The van der Waals surface area contributed by atoms with Gasteiger partial charge >= 0.3 is 5.97 Å². The summed E-state index contributed by atoms with van der Waals surface area (Å²) >= 11 is 0. The minimum Gasteiger partial charge on any atom is -0.465 e. The molecule has 0 saturated carbocycles. The molecule has 0 saturated heterocycles. The van der Waals surface area contributed by atoms with E-state index in [2.05, 4.69) is 4.74 Å². The summed E-state index contributed by atoms with van der Waals surface area (Å²) in [7, 11) is -2.10. The van der Waals surface area contributed by atoms with E-state index >= 15 is 0 Å². The van der Waals surface area contributed by atoms with Gasteiger partial charge in [-0.1, -0.05) is 18.2 Å². The molecule has 0 aliphatic rings. The first-order chi connectivity index (χ1) is 10.3. The van der Waals surface area contributed by atoms with E-state index in [0.717, 1.165) is 11.1 Å². The number of carbonyl (C=O) groups is 1. The number of ether oxygens (including phenoxy) is 1. The Bertz CT molecular complexity index is 790. The monoisotopic (exact) mass is 318 g/mol. The Morgan fingerprint density at radius 2 is 1.64 bits per heavy atom. The van der Waals surface area contributed by atoms with Crippen LogP contribution in [0.3, 0.4) is 0 Å². The minimum atomic E-state index is -3.41. The lowest BCUT2D eigenvalue weighted by atomic mass is 10.1. The molecule has 0 aliphatic heterocycles. The van der Waals surface area contributed by atoms with Crippen molar-refractivity contribution in [2.24, 2.45) is 0 Å². The molecule has 0 radical (unpaired) electrons. The highest BCUT2D eigenvalue weighted by Gasteiger charge is 2.16. The Balaban J connectivity index is 2.25. The number of aryl methyl sites for hydroxylation is 2. The number of esters is 1. The van der Waals surface area contributed by atoms with Crippen LogP contribution in [0.5, 0.6) is 0 Å². The molecule has 0 amide bonds. The molecule has 4 nitrogen and oxygen atoms in total. The zero-order chi connectivity index (χ0) is 16.3. The molecule has 22 heavy (non-hydrogen) atoms. The van der Waals surface area contributed by atoms with Gasteiger partial charge in [0.25, 0.3) is 0 Å². The van der Waals surface area contributed by atoms with Gasteiger partial charge in [-0.3, -0.25) is 0 Å². The maximum Gasteiger partial charge on any atom is 0.337 e. The number of hydrogen-bond acceptors (Lipinski definition) is 4. The Kier molecular flexibility index (Phi) is 4.66. The summed E-state index contributed by atoms with van der Waals surface area (Å²) in [5.41, 5.74) is 3.03. The first-order valence-electron chi connectivity index (χ1n) is 6.81. The van der Waals surface area contributed by atoms with E-state index < -0.39 is 15.8 Å². The Morgan fingerprint density at radius 3 is 2.18 bits per heavy atom. The number of rotatable bonds is 4. The molecule has 0 unspecified atom stereocenters. The number of carbonyl (C=O) groups excluding carboxylic acids is 1. The van der Waals surface area contributed by atoms with Crippen LogP contribution >= 0.6 is 0 Å². The fourth-order valence-electron chi connectivity index (χ4n) is 2.07. The van der Waals surface area contributed by atoms with Crippen LogP contribution in [-0.4, -0.2) is 21.5 Å². The summed E-state index contributed by atoms with van der Waals surface area (Å²) in [6.45, 7) is 3.83. The fraction of sp³-hybridized carbons (Fsp3) is 0.235. The fourth-order valence-corrected chi connectivity index (χ4v) is 3.49. The molecule has 0 aromatic heterocycles. The van der Waals surface area contributed by atoms with Crippen molar-refractivity contribution < 1.29 is 17.9 Å². The van der Waals surface area contributed by atoms with Gasteiger partial charge in [0, 0.05) is 0 Å². The van der Waals surface area contributed by atoms with E-state index in [1.54, 1.807) is 36.4 Å². The third-order valence-electron chi connectivity index (χ3n) is 3.57. The SMILES string of the molecule is COC(=O)c1ccc(CS(=O)(=O)c2ccc(C)c(C)c2)cc1. The predicted molar refractivity (Wildman–Crippen MR) is 84.6 cm³/mol. The van der Waals surface area contributed by atoms with Crippen LogP contribution in [0.2, 0.25) is 0 Å². The van der Waals surface area contributed by atoms with Gasteiger partial charge in [-0.25, -0.2) is 13.2 Å². The summed E-state index contributed by atoms with van der Waals surface area (Å²) < 4.78 is 29.5. The smallest absolute Gasteiger partial charge is 0.337 e. The average Bonchev–Trinajstić information content (AvgIpc) is 2.49. The summed E-state index contributed by atoms with van der Waals surface area (Å²) in [6, 6.07) is 11.5. The summed E-state index contributed by atoms with van der Waals surface area (Å²) in [5, 5.41) is 0. The van der Waals surface area contributed by atoms with Gasteiger partial charge in [-0.05, 0) is 54.8 Å². The number of methoxy groups -OCH3 is 1. The van der Waals surface area contributed by atoms with Gasteiger partial charge in [-0.15, -0.1) is 0 Å². The lowest BCUT2D eigenvalue weighted by molar-refractivity contribution is 0.0600. The van der Waals surface area contributed by atoms with Crippen LogP contribution in [0.1, 0.15) is 27.0 Å². The quantitative estimate of drug-likeness (QED) is 0.813. The zero-order valence-electron chi connectivity index (χ0n) is 12.8. The van der Waals surface area contributed by atoms with E-state index in [1.807, 2.05) is 19.9 Å². The highest BCUT2D eigenvalue weighted by molar-refractivity contribution is 7.90. The normalized spacial score (nSPS) is 11.2. The van der Waals surface area contributed by atoms with E-state index in [0.29, 0.717) is 16.0 Å². The van der Waals surface area contributed by atoms with Gasteiger partial charge in [0.05, 0.1) is 23.3 Å². The van der Waals surface area contributed by atoms with E-state index in [9.17, 15) is 13.2 Å². The second kappa shape index (κ2) is 6.32. The van der Waals surface area contributed by atoms with E-state index in [-0.39, 0.29) is 5.75 Å². The number of benzene rings is 2. The van der Waals surface area contributed by atoms with Crippen LogP contribution in [0, 0.1) is 13.8 Å². The Morgan fingerprint density at radius 1 is 1.00 bits per heavy atom. The van der Waals surface area contributed by atoms with Crippen LogP contribution in [-0.2, 0) is 20.3 Å². The highest BCUT2D eigenvalue weighted by Crippen LogP contribution is 2.20. The number of sulfone groups is 1. The predicted octanol–water partition coefficient (Wildman–Crippen LogP) is 3.06. The Hall–Kier alpha value is -2.14. The molecule has 0 heterocycles. The molecule has 0 aliphatic carbocycles. The first kappa shape index (κ1) is 16.2. The number of hydrogen-bond donors (Lipinski definition) is 0. The molecule has 116 valence electrons. The van der Waals surface area contributed by atoms with Gasteiger partial charge < -0.3 is 4.74 Å². The largest absolute Gasteiger partial charge is 0.465 e. The summed E-state index contributed by atoms with van der Waals surface area (Å²) in [4.78, 5) is 11.7. The van der Waals surface area contributed by atoms with Crippen molar-refractivity contribution in [2.75, 3.05) is 7.11 Å². The molecule has 0 fully saturated rings. The molecule has 2 aromatic rings. The third-order valence-corrected chi connectivity index (χ3v) is 5.25. The second-order valence-electron chi connectivity index (χ2n) is 5.19. The van der Waals surface area contributed by atoms with Crippen molar-refractivity contribution in [3.63, 3.8) is 0 Å². The summed E-state index contributed by atoms with van der Waals surface area (Å²) in [6.07, 6.45) is 0. The zero-order valence-corrected chi connectivity index (χ0v) is 13.6. The lowest BCUT2D eigenvalue weighted by Crippen LogP contribution is -2.06. The van der Waals surface area contributed by atoms with Crippen LogP contribution in [0.25, 0.3) is 0 Å². The van der Waals surface area contributed by atoms with Crippen molar-refractivity contribution in [2.45, 2.75) is 24.5 Å². The molecule has 2 aromatic carbocycles. The van der Waals surface area contributed by atoms with Crippen molar-refractivity contribution in [3.05, 3.63) is 64.7 Å². The molecular weight excluding hydrogens is 300 g/mol. The summed E-state index contributed by atoms with van der Waals surface area (Å²) in [5.74, 6) is -0.541. The second-order valence-corrected chi connectivity index (χ2v) is 7.18. The van der Waals surface area contributed by atoms with Gasteiger partial charge in [0.1, 0.15) is 0 Å². The molecular formula is C17H18O4S. The standard InChI is InChI=1S/C17H18O4S/c1-12-4-9-16(10-13(12)2)22(19,20)11-14-5-7-15(8-6-14)17(18)21-3/h4-10H,11H2,1-3H3. The van der Waals surface area contributed by atoms with E-state index in [1.165, 1.54) is 7.11 Å². The maximum absolute atomic E-state index is 12.4. The third kappa shape index (κ3) is 3.54. The molecule has 0 atom stereocenters. The topological polar surface area (TPSA) is 60.4 Å². The van der Waals surface area contributed by atoms with Crippen molar-refractivity contribution >= 4 is 15.8 Å². The van der Waals surface area contributed by atoms with Gasteiger partial charge in [0.15, 0.2) is 9.84 Å². The highest BCUT2D eigenvalue weighted by atomic mass is 32.2. The molecule has 2 rings (SSSR count). The van der Waals surface area contributed by atoms with Gasteiger partial charge in [-0.2, -0.15) is 0 Å². The van der Waals surface area contributed by atoms with Crippen LogP contribution in [0.4, 0.5) is 0 Å². The van der Waals surface area contributed by atoms with Crippen LogP contribution in [0.15, 0.2) is 47.4 Å². The molecule has 0 spiro atoms. The molecule has 5 heteroatoms. The average molecular weight is 318 g/mol.